The molecule has 2 heterocycles. The van der Waals surface area contributed by atoms with Gasteiger partial charge in [0.15, 0.2) is 5.65 Å². The average molecular weight is 321 g/mol. The van der Waals surface area contributed by atoms with Gasteiger partial charge in [-0.05, 0) is 12.1 Å². The van der Waals surface area contributed by atoms with E-state index in [0.717, 1.165) is 5.56 Å². The zero-order chi connectivity index (χ0) is 15.1. The topological polar surface area (TPSA) is 73.8 Å². The summed E-state index contributed by atoms with van der Waals surface area (Å²) in [4.78, 5) is 15.6. The smallest absolute Gasteiger partial charge is 0.251 e. The Morgan fingerprint density at radius 3 is 2.52 bits per heavy atom. The SMILES string of the molecule is Cn1nc(-c2ccc(Cl)cc2)c2c(Cl)c(C(N)=O)cnc21. The molecule has 0 aliphatic rings. The second-order valence-corrected chi connectivity index (χ2v) is 5.34. The highest BCUT2D eigenvalue weighted by molar-refractivity contribution is 6.39. The summed E-state index contributed by atoms with van der Waals surface area (Å²) in [5.41, 5.74) is 7.52. The lowest BCUT2D eigenvalue weighted by molar-refractivity contribution is 0.100. The first kappa shape index (κ1) is 13.9. The van der Waals surface area contributed by atoms with Gasteiger partial charge in [0.05, 0.1) is 16.0 Å². The Balaban J connectivity index is 2.35. The van der Waals surface area contributed by atoms with E-state index in [-0.39, 0.29) is 10.6 Å². The Labute approximate surface area is 130 Å². The van der Waals surface area contributed by atoms with Crippen LogP contribution in [-0.4, -0.2) is 20.7 Å². The molecule has 1 aromatic carbocycles. The van der Waals surface area contributed by atoms with Gasteiger partial charge in [-0.2, -0.15) is 5.10 Å². The van der Waals surface area contributed by atoms with Gasteiger partial charge in [-0.3, -0.25) is 4.79 Å². The lowest BCUT2D eigenvalue weighted by atomic mass is 10.1. The van der Waals surface area contributed by atoms with Gasteiger partial charge in [0, 0.05) is 23.8 Å². The van der Waals surface area contributed by atoms with Gasteiger partial charge >= 0.3 is 0 Å². The van der Waals surface area contributed by atoms with Gasteiger partial charge in [-0.25, -0.2) is 9.67 Å². The maximum atomic E-state index is 11.4. The fourth-order valence-corrected chi connectivity index (χ4v) is 2.61. The van der Waals surface area contributed by atoms with Crippen molar-refractivity contribution in [1.29, 1.82) is 0 Å². The fourth-order valence-electron chi connectivity index (χ4n) is 2.16. The van der Waals surface area contributed by atoms with Crippen LogP contribution in [0.1, 0.15) is 10.4 Å². The second-order valence-electron chi connectivity index (χ2n) is 4.53. The third-order valence-electron chi connectivity index (χ3n) is 3.17. The molecule has 0 saturated carbocycles. The predicted octanol–water partition coefficient (Wildman–Crippen LogP) is 3.04. The number of halogens is 2. The lowest BCUT2D eigenvalue weighted by Gasteiger charge is -2.03. The number of carbonyl (C=O) groups excluding carboxylic acids is 1. The minimum Gasteiger partial charge on any atom is -0.366 e. The summed E-state index contributed by atoms with van der Waals surface area (Å²) < 4.78 is 1.61. The zero-order valence-electron chi connectivity index (χ0n) is 11.0. The van der Waals surface area contributed by atoms with Gasteiger partial charge in [-0.15, -0.1) is 0 Å². The second kappa shape index (κ2) is 5.02. The molecule has 0 aliphatic carbocycles. The number of amides is 1. The molecule has 5 nitrogen and oxygen atoms in total. The van der Waals surface area contributed by atoms with E-state index in [0.29, 0.717) is 21.7 Å². The molecule has 3 aromatic rings. The third-order valence-corrected chi connectivity index (χ3v) is 3.82. The molecule has 0 aliphatic heterocycles. The molecule has 0 atom stereocenters. The molecule has 1 amide bonds. The summed E-state index contributed by atoms with van der Waals surface area (Å²) in [5.74, 6) is -0.625. The number of rotatable bonds is 2. The van der Waals surface area contributed by atoms with Gasteiger partial charge in [0.1, 0.15) is 5.69 Å². The number of hydrogen-bond donors (Lipinski definition) is 1. The van der Waals surface area contributed by atoms with E-state index in [1.165, 1.54) is 6.20 Å². The molecule has 0 unspecified atom stereocenters. The molecule has 7 heteroatoms. The Morgan fingerprint density at radius 1 is 1.24 bits per heavy atom. The maximum absolute atomic E-state index is 11.4. The van der Waals surface area contributed by atoms with E-state index in [9.17, 15) is 4.79 Å². The van der Waals surface area contributed by atoms with Crippen LogP contribution >= 0.6 is 23.2 Å². The number of aryl methyl sites for hydroxylation is 1. The first-order chi connectivity index (χ1) is 9.99. The van der Waals surface area contributed by atoms with Crippen LogP contribution in [0.4, 0.5) is 0 Å². The minimum absolute atomic E-state index is 0.174. The zero-order valence-corrected chi connectivity index (χ0v) is 12.5. The van der Waals surface area contributed by atoms with Crippen LogP contribution in [0.25, 0.3) is 22.3 Å². The molecular weight excluding hydrogens is 311 g/mol. The summed E-state index contributed by atoms with van der Waals surface area (Å²) in [6.07, 6.45) is 1.36. The van der Waals surface area contributed by atoms with Crippen LogP contribution in [0.15, 0.2) is 30.5 Å². The fraction of sp³-hybridized carbons (Fsp3) is 0.0714. The maximum Gasteiger partial charge on any atom is 0.251 e. The highest BCUT2D eigenvalue weighted by Gasteiger charge is 2.19. The number of pyridine rings is 1. The number of fused-ring (bicyclic) bond motifs is 1. The molecule has 106 valence electrons. The third kappa shape index (κ3) is 2.24. The molecule has 0 spiro atoms. The van der Waals surface area contributed by atoms with Gasteiger partial charge < -0.3 is 5.73 Å². The Bertz CT molecular complexity index is 856. The molecule has 0 saturated heterocycles. The first-order valence-electron chi connectivity index (χ1n) is 6.06. The van der Waals surface area contributed by atoms with Crippen LogP contribution in [0.3, 0.4) is 0 Å². The molecular formula is C14H10Cl2N4O. The monoisotopic (exact) mass is 320 g/mol. The van der Waals surface area contributed by atoms with Gasteiger partial charge in [0.2, 0.25) is 0 Å². The largest absolute Gasteiger partial charge is 0.366 e. The van der Waals surface area contributed by atoms with Gasteiger partial charge in [-0.1, -0.05) is 35.3 Å². The standard InChI is InChI=1S/C14H10Cl2N4O/c1-20-14-10(11(16)9(6-18-14)13(17)21)12(19-20)7-2-4-8(15)5-3-7/h2-6H,1H3,(H2,17,21). The van der Waals surface area contributed by atoms with Crippen molar-refractivity contribution < 1.29 is 4.79 Å². The molecule has 0 radical (unpaired) electrons. The lowest BCUT2D eigenvalue weighted by Crippen LogP contribution is -2.12. The molecule has 3 rings (SSSR count). The summed E-state index contributed by atoms with van der Waals surface area (Å²) in [6, 6.07) is 7.18. The molecule has 2 aromatic heterocycles. The van der Waals surface area contributed by atoms with Crippen molar-refractivity contribution in [3.63, 3.8) is 0 Å². The number of primary amides is 1. The first-order valence-corrected chi connectivity index (χ1v) is 6.81. The van der Waals surface area contributed by atoms with Crippen LogP contribution in [0, 0.1) is 0 Å². The summed E-state index contributed by atoms with van der Waals surface area (Å²) in [7, 11) is 1.76. The highest BCUT2D eigenvalue weighted by atomic mass is 35.5. The van der Waals surface area contributed by atoms with Crippen molar-refractivity contribution in [2.45, 2.75) is 0 Å². The van der Waals surface area contributed by atoms with Crippen LogP contribution < -0.4 is 5.73 Å². The van der Waals surface area contributed by atoms with E-state index in [2.05, 4.69) is 10.1 Å². The quantitative estimate of drug-likeness (QED) is 0.788. The summed E-state index contributed by atoms with van der Waals surface area (Å²) in [6.45, 7) is 0. The van der Waals surface area contributed by atoms with E-state index >= 15 is 0 Å². The average Bonchev–Trinajstić information content (AvgIpc) is 2.78. The normalized spacial score (nSPS) is 11.0. The van der Waals surface area contributed by atoms with Gasteiger partial charge in [0.25, 0.3) is 5.91 Å². The Kier molecular flexibility index (Phi) is 3.31. The Morgan fingerprint density at radius 2 is 1.90 bits per heavy atom. The predicted molar refractivity (Wildman–Crippen MR) is 82.5 cm³/mol. The van der Waals surface area contributed by atoms with E-state index in [1.807, 2.05) is 12.1 Å². The van der Waals surface area contributed by atoms with Crippen molar-refractivity contribution >= 4 is 40.1 Å². The molecule has 0 bridgehead atoms. The number of carbonyl (C=O) groups is 1. The summed E-state index contributed by atoms with van der Waals surface area (Å²) in [5, 5.41) is 5.90. The van der Waals surface area contributed by atoms with Crippen LogP contribution in [-0.2, 0) is 7.05 Å². The van der Waals surface area contributed by atoms with E-state index in [4.69, 9.17) is 28.9 Å². The van der Waals surface area contributed by atoms with Crippen LogP contribution in [0.5, 0.6) is 0 Å². The van der Waals surface area contributed by atoms with Crippen molar-refractivity contribution in [1.82, 2.24) is 14.8 Å². The van der Waals surface area contributed by atoms with Crippen LogP contribution in [0.2, 0.25) is 10.0 Å². The number of aromatic nitrogens is 3. The van der Waals surface area contributed by atoms with Crippen molar-refractivity contribution in [2.75, 3.05) is 0 Å². The number of benzene rings is 1. The van der Waals surface area contributed by atoms with E-state index < -0.39 is 5.91 Å². The highest BCUT2D eigenvalue weighted by Crippen LogP contribution is 2.34. The number of nitrogens with two attached hydrogens (primary N) is 1. The number of hydrogen-bond acceptors (Lipinski definition) is 3. The van der Waals surface area contributed by atoms with Crippen molar-refractivity contribution in [2.24, 2.45) is 12.8 Å². The molecule has 2 N–H and O–H groups in total. The number of nitrogens with zero attached hydrogens (tertiary/aromatic N) is 3. The molecule has 21 heavy (non-hydrogen) atoms. The van der Waals surface area contributed by atoms with Crippen molar-refractivity contribution in [3.8, 4) is 11.3 Å². The minimum atomic E-state index is -0.625. The Hall–Kier alpha value is -2.11. The van der Waals surface area contributed by atoms with Crippen molar-refractivity contribution in [3.05, 3.63) is 46.1 Å². The van der Waals surface area contributed by atoms with E-state index in [1.54, 1.807) is 23.9 Å². The summed E-state index contributed by atoms with van der Waals surface area (Å²) >= 11 is 12.2. The molecule has 0 fully saturated rings.